The maximum Gasteiger partial charge on any atom is 0.345 e. The number of hydrogen-bond acceptors (Lipinski definition) is 3. The lowest BCUT2D eigenvalue weighted by molar-refractivity contribution is 0.0702. The lowest BCUT2D eigenvalue weighted by Gasteiger charge is -1.98. The predicted molar refractivity (Wildman–Crippen MR) is 63.1 cm³/mol. The van der Waals surface area contributed by atoms with Crippen LogP contribution >= 0.6 is 11.3 Å². The summed E-state index contributed by atoms with van der Waals surface area (Å²) in [5, 5.41) is 8.89. The van der Waals surface area contributed by atoms with E-state index in [1.54, 1.807) is 18.5 Å². The molecule has 0 aliphatic heterocycles. The van der Waals surface area contributed by atoms with Crippen molar-refractivity contribution < 1.29 is 9.90 Å². The number of aromatic carboxylic acids is 1. The third kappa shape index (κ3) is 2.28. The molecule has 1 N–H and O–H groups in total. The van der Waals surface area contributed by atoms with E-state index in [9.17, 15) is 4.79 Å². The monoisotopic (exact) mass is 233 g/mol. The van der Waals surface area contributed by atoms with E-state index < -0.39 is 5.97 Å². The van der Waals surface area contributed by atoms with Crippen molar-refractivity contribution in [1.82, 2.24) is 4.98 Å². The van der Waals surface area contributed by atoms with Gasteiger partial charge in [-0.3, -0.25) is 4.98 Å². The Morgan fingerprint density at radius 2 is 2.12 bits per heavy atom. The molecule has 0 saturated carbocycles. The molecule has 3 nitrogen and oxygen atoms in total. The predicted octanol–water partition coefficient (Wildman–Crippen LogP) is 2.74. The molecule has 0 aliphatic rings. The van der Waals surface area contributed by atoms with Gasteiger partial charge in [0.2, 0.25) is 0 Å². The van der Waals surface area contributed by atoms with Gasteiger partial charge < -0.3 is 5.11 Å². The van der Waals surface area contributed by atoms with Gasteiger partial charge in [0.1, 0.15) is 4.88 Å². The highest BCUT2D eigenvalue weighted by Crippen LogP contribution is 2.24. The second-order valence-electron chi connectivity index (χ2n) is 3.55. The minimum atomic E-state index is -0.853. The van der Waals surface area contributed by atoms with Crippen molar-refractivity contribution >= 4 is 17.3 Å². The zero-order chi connectivity index (χ0) is 11.5. The highest BCUT2D eigenvalue weighted by atomic mass is 32.1. The Kier molecular flexibility index (Phi) is 3.01. The number of carboxylic acids is 1. The maximum absolute atomic E-state index is 10.8. The van der Waals surface area contributed by atoms with Crippen LogP contribution in [-0.2, 0) is 6.42 Å². The first-order valence-electron chi connectivity index (χ1n) is 4.88. The molecule has 82 valence electrons. The smallest absolute Gasteiger partial charge is 0.345 e. The molecule has 0 bridgehead atoms. The first-order valence-corrected chi connectivity index (χ1v) is 5.70. The van der Waals surface area contributed by atoms with E-state index in [1.165, 1.54) is 11.3 Å². The Balaban J connectivity index is 2.25. The molecule has 2 heterocycles. The number of nitrogens with zero attached hydrogens (tertiary/aromatic N) is 1. The van der Waals surface area contributed by atoms with E-state index in [4.69, 9.17) is 5.11 Å². The fourth-order valence-corrected chi connectivity index (χ4v) is 2.53. The minimum absolute atomic E-state index is 0.404. The number of carboxylic acid groups (broad SMARTS) is 1. The van der Waals surface area contributed by atoms with E-state index >= 15 is 0 Å². The summed E-state index contributed by atoms with van der Waals surface area (Å²) in [5.41, 5.74) is 2.19. The summed E-state index contributed by atoms with van der Waals surface area (Å²) in [5.74, 6) is -0.853. The van der Waals surface area contributed by atoms with E-state index in [0.29, 0.717) is 4.88 Å². The van der Waals surface area contributed by atoms with E-state index in [0.717, 1.165) is 22.4 Å². The van der Waals surface area contributed by atoms with Crippen molar-refractivity contribution in [2.24, 2.45) is 0 Å². The fraction of sp³-hybridized carbons (Fsp3) is 0.167. The summed E-state index contributed by atoms with van der Waals surface area (Å²) < 4.78 is 0. The van der Waals surface area contributed by atoms with Gasteiger partial charge in [-0.2, -0.15) is 0 Å². The van der Waals surface area contributed by atoms with Crippen molar-refractivity contribution in [3.8, 4) is 0 Å². The van der Waals surface area contributed by atoms with Gasteiger partial charge in [0.05, 0.1) is 0 Å². The molecule has 0 spiro atoms. The van der Waals surface area contributed by atoms with Gasteiger partial charge in [-0.15, -0.1) is 11.3 Å². The number of pyridine rings is 1. The van der Waals surface area contributed by atoms with Crippen LogP contribution in [0.4, 0.5) is 0 Å². The van der Waals surface area contributed by atoms with Gasteiger partial charge in [0.25, 0.3) is 0 Å². The van der Waals surface area contributed by atoms with Gasteiger partial charge >= 0.3 is 5.97 Å². The van der Waals surface area contributed by atoms with Crippen LogP contribution in [0.15, 0.2) is 30.6 Å². The second-order valence-corrected chi connectivity index (χ2v) is 4.69. The number of rotatable bonds is 3. The Morgan fingerprint density at radius 3 is 2.69 bits per heavy atom. The molecule has 0 atom stereocenters. The number of thiophene rings is 1. The third-order valence-corrected chi connectivity index (χ3v) is 3.57. The number of aryl methyl sites for hydroxylation is 1. The molecule has 2 rings (SSSR count). The van der Waals surface area contributed by atoms with Gasteiger partial charge in [-0.1, -0.05) is 0 Å². The summed E-state index contributed by atoms with van der Waals surface area (Å²) >= 11 is 1.34. The number of carbonyl (C=O) groups is 1. The van der Waals surface area contributed by atoms with Crippen LogP contribution in [0.1, 0.15) is 25.7 Å². The molecule has 0 saturated heterocycles. The fourth-order valence-electron chi connectivity index (χ4n) is 1.49. The van der Waals surface area contributed by atoms with E-state index in [2.05, 4.69) is 4.98 Å². The Bertz CT molecular complexity index is 505. The van der Waals surface area contributed by atoms with Crippen LogP contribution in [0.25, 0.3) is 0 Å². The number of aromatic nitrogens is 1. The number of hydrogen-bond donors (Lipinski definition) is 1. The van der Waals surface area contributed by atoms with Crippen molar-refractivity contribution in [2.45, 2.75) is 13.3 Å². The Hall–Kier alpha value is -1.68. The topological polar surface area (TPSA) is 50.2 Å². The lowest BCUT2D eigenvalue weighted by atomic mass is 10.1. The summed E-state index contributed by atoms with van der Waals surface area (Å²) in [6, 6.07) is 5.61. The largest absolute Gasteiger partial charge is 0.477 e. The molecule has 0 unspecified atom stereocenters. The molecule has 16 heavy (non-hydrogen) atoms. The molecule has 2 aromatic rings. The molecule has 2 aromatic heterocycles. The summed E-state index contributed by atoms with van der Waals surface area (Å²) in [4.78, 5) is 16.3. The van der Waals surface area contributed by atoms with Crippen LogP contribution in [0.5, 0.6) is 0 Å². The van der Waals surface area contributed by atoms with E-state index in [1.807, 2.05) is 19.1 Å². The highest BCUT2D eigenvalue weighted by Gasteiger charge is 2.11. The molecule has 0 radical (unpaired) electrons. The quantitative estimate of drug-likeness (QED) is 0.886. The Labute approximate surface area is 97.4 Å². The van der Waals surface area contributed by atoms with Gasteiger partial charge in [-0.05, 0) is 36.2 Å². The van der Waals surface area contributed by atoms with Gasteiger partial charge in [0.15, 0.2) is 0 Å². The molecule has 0 fully saturated rings. The van der Waals surface area contributed by atoms with Crippen LogP contribution in [0.3, 0.4) is 0 Å². The molecule has 4 heteroatoms. The van der Waals surface area contributed by atoms with Crippen molar-refractivity contribution in [3.05, 3.63) is 51.5 Å². The van der Waals surface area contributed by atoms with E-state index in [-0.39, 0.29) is 0 Å². The standard InChI is InChI=1S/C12H11NO2S/c1-8-6-11(12(14)15)16-10(8)7-9-2-4-13-5-3-9/h2-6H,7H2,1H3,(H,14,15). The zero-order valence-corrected chi connectivity index (χ0v) is 9.62. The first-order chi connectivity index (χ1) is 7.66. The normalized spacial score (nSPS) is 10.3. The highest BCUT2D eigenvalue weighted by molar-refractivity contribution is 7.14. The van der Waals surface area contributed by atoms with Gasteiger partial charge in [-0.25, -0.2) is 4.79 Å². The summed E-state index contributed by atoms with van der Waals surface area (Å²) in [7, 11) is 0. The SMILES string of the molecule is Cc1cc(C(=O)O)sc1Cc1ccncc1. The maximum atomic E-state index is 10.8. The minimum Gasteiger partial charge on any atom is -0.477 e. The molecule has 0 aliphatic carbocycles. The summed E-state index contributed by atoms with van der Waals surface area (Å²) in [6.45, 7) is 1.94. The van der Waals surface area contributed by atoms with Crippen molar-refractivity contribution in [2.75, 3.05) is 0 Å². The zero-order valence-electron chi connectivity index (χ0n) is 8.80. The van der Waals surface area contributed by atoms with Crippen molar-refractivity contribution in [3.63, 3.8) is 0 Å². The van der Waals surface area contributed by atoms with Crippen LogP contribution in [0.2, 0.25) is 0 Å². The Morgan fingerprint density at radius 1 is 1.44 bits per heavy atom. The van der Waals surface area contributed by atoms with Crippen LogP contribution in [-0.4, -0.2) is 16.1 Å². The van der Waals surface area contributed by atoms with Crippen molar-refractivity contribution in [1.29, 1.82) is 0 Å². The molecular formula is C12H11NO2S. The average molecular weight is 233 g/mol. The first kappa shape index (κ1) is 10.8. The molecular weight excluding hydrogens is 222 g/mol. The average Bonchev–Trinajstić information content (AvgIpc) is 2.62. The third-order valence-electron chi connectivity index (χ3n) is 2.35. The van der Waals surface area contributed by atoms with Crippen LogP contribution < -0.4 is 0 Å². The molecule has 0 amide bonds. The van der Waals surface area contributed by atoms with Crippen LogP contribution in [0, 0.1) is 6.92 Å². The second kappa shape index (κ2) is 4.45. The lowest BCUT2D eigenvalue weighted by Crippen LogP contribution is -1.89. The molecule has 0 aromatic carbocycles. The summed E-state index contributed by atoms with van der Waals surface area (Å²) in [6.07, 6.45) is 4.26. The van der Waals surface area contributed by atoms with Gasteiger partial charge in [0, 0.05) is 23.7 Å².